The first-order valence-corrected chi connectivity index (χ1v) is 8.50. The average Bonchev–Trinajstić information content (AvgIpc) is 2.67. The lowest BCUT2D eigenvalue weighted by Crippen LogP contribution is -1.94. The van der Waals surface area contributed by atoms with Crippen molar-refractivity contribution in [1.82, 2.24) is 4.98 Å². The summed E-state index contributed by atoms with van der Waals surface area (Å²) in [4.78, 5) is 15.8. The highest BCUT2D eigenvalue weighted by Gasteiger charge is 2.12. The van der Waals surface area contributed by atoms with Crippen LogP contribution in [0.2, 0.25) is 0 Å². The van der Waals surface area contributed by atoms with Gasteiger partial charge >= 0.3 is 0 Å². The molecule has 1 heterocycles. The first-order valence-electron chi connectivity index (χ1n) is 8.05. The van der Waals surface area contributed by atoms with E-state index in [1.165, 1.54) is 0 Å². The van der Waals surface area contributed by atoms with E-state index in [9.17, 15) is 4.79 Å². The molecule has 0 aliphatic carbocycles. The monoisotopic (exact) mass is 365 g/mol. The maximum atomic E-state index is 11.4. The van der Waals surface area contributed by atoms with Gasteiger partial charge in [0.05, 0.1) is 19.9 Å². The molecule has 0 saturated heterocycles. The fraction of sp³-hybridized carbons (Fsp3) is 0.143. The number of methoxy groups -OCH3 is 2. The van der Waals surface area contributed by atoms with Gasteiger partial charge in [-0.15, -0.1) is 12.6 Å². The summed E-state index contributed by atoms with van der Waals surface area (Å²) in [5.74, 6) is 1.44. The molecule has 0 amide bonds. The van der Waals surface area contributed by atoms with E-state index in [4.69, 9.17) is 9.47 Å². The number of hydrogen-bond acceptors (Lipinski definition) is 4. The number of pyridine rings is 1. The highest BCUT2D eigenvalue weighted by Crippen LogP contribution is 2.36. The van der Waals surface area contributed by atoms with E-state index in [1.807, 2.05) is 43.3 Å². The molecule has 3 rings (SSSR count). The van der Waals surface area contributed by atoms with Crippen molar-refractivity contribution in [2.45, 2.75) is 6.92 Å². The van der Waals surface area contributed by atoms with Gasteiger partial charge in [0.1, 0.15) is 11.5 Å². The van der Waals surface area contributed by atoms with Crippen LogP contribution in [0.4, 0.5) is 0 Å². The van der Waals surface area contributed by atoms with E-state index in [0.717, 1.165) is 39.4 Å². The zero-order valence-corrected chi connectivity index (χ0v) is 15.7. The number of rotatable bonds is 5. The fourth-order valence-corrected chi connectivity index (χ4v) is 2.90. The van der Waals surface area contributed by atoms with Crippen molar-refractivity contribution in [2.75, 3.05) is 14.2 Å². The molecule has 0 bridgehead atoms. The van der Waals surface area contributed by atoms with Crippen LogP contribution in [0.1, 0.15) is 15.9 Å². The zero-order chi connectivity index (χ0) is 18.7. The van der Waals surface area contributed by atoms with Crippen LogP contribution in [0.25, 0.3) is 22.4 Å². The van der Waals surface area contributed by atoms with Gasteiger partial charge in [-0.05, 0) is 42.3 Å². The summed E-state index contributed by atoms with van der Waals surface area (Å²) >= 11 is 3.84. The second kappa shape index (κ2) is 7.62. The third kappa shape index (κ3) is 3.73. The van der Waals surface area contributed by atoms with Crippen LogP contribution in [-0.2, 0) is 0 Å². The zero-order valence-electron chi connectivity index (χ0n) is 14.8. The smallest absolute Gasteiger partial charge is 0.217 e. The molecule has 0 aliphatic rings. The highest BCUT2D eigenvalue weighted by molar-refractivity contribution is 7.97. The Hall–Kier alpha value is -2.79. The molecule has 4 nitrogen and oxygen atoms in total. The van der Waals surface area contributed by atoms with Crippen LogP contribution in [0.3, 0.4) is 0 Å². The van der Waals surface area contributed by atoms with Crippen LogP contribution in [-0.4, -0.2) is 24.3 Å². The quantitative estimate of drug-likeness (QED) is 0.659. The third-order valence-corrected chi connectivity index (χ3v) is 4.38. The van der Waals surface area contributed by atoms with Crippen molar-refractivity contribution >= 4 is 17.7 Å². The number of thiol groups is 1. The predicted octanol–water partition coefficient (Wildman–Crippen LogP) is 4.81. The van der Waals surface area contributed by atoms with Crippen LogP contribution in [0.5, 0.6) is 11.5 Å². The van der Waals surface area contributed by atoms with Gasteiger partial charge in [0.15, 0.2) is 0 Å². The molecular formula is C21H19NO3S. The maximum Gasteiger partial charge on any atom is 0.217 e. The van der Waals surface area contributed by atoms with Gasteiger partial charge in [-0.2, -0.15) is 0 Å². The number of nitrogens with zero attached hydrogens (tertiary/aromatic N) is 1. The number of aryl methyl sites for hydroxylation is 1. The molecule has 0 aliphatic heterocycles. The first-order chi connectivity index (χ1) is 12.5. The van der Waals surface area contributed by atoms with Crippen molar-refractivity contribution in [2.24, 2.45) is 0 Å². The van der Waals surface area contributed by atoms with E-state index in [1.54, 1.807) is 26.5 Å². The summed E-state index contributed by atoms with van der Waals surface area (Å²) < 4.78 is 10.8. The molecule has 0 saturated carbocycles. The lowest BCUT2D eigenvalue weighted by Gasteiger charge is -2.13. The summed E-state index contributed by atoms with van der Waals surface area (Å²) in [5.41, 5.74) is 5.32. The molecule has 0 spiro atoms. The summed E-state index contributed by atoms with van der Waals surface area (Å²) in [6.45, 7) is 2.04. The summed E-state index contributed by atoms with van der Waals surface area (Å²) in [7, 11) is 3.26. The number of benzene rings is 2. The molecule has 0 radical (unpaired) electrons. The predicted molar refractivity (Wildman–Crippen MR) is 106 cm³/mol. The lowest BCUT2D eigenvalue weighted by atomic mass is 9.95. The Balaban J connectivity index is 2.16. The highest BCUT2D eigenvalue weighted by atomic mass is 32.1. The molecule has 5 heteroatoms. The van der Waals surface area contributed by atoms with E-state index in [2.05, 4.69) is 23.7 Å². The number of hydrogen-bond donors (Lipinski definition) is 1. The van der Waals surface area contributed by atoms with Crippen LogP contribution in [0.15, 0.2) is 54.7 Å². The van der Waals surface area contributed by atoms with Crippen molar-refractivity contribution in [3.8, 4) is 33.9 Å². The number of ether oxygens (including phenoxy) is 2. The normalized spacial score (nSPS) is 10.5. The molecule has 132 valence electrons. The Labute approximate surface area is 158 Å². The van der Waals surface area contributed by atoms with E-state index in [0.29, 0.717) is 5.56 Å². The molecule has 0 unspecified atom stereocenters. The Kier molecular flexibility index (Phi) is 5.28. The fourth-order valence-electron chi connectivity index (χ4n) is 2.76. The second-order valence-electron chi connectivity index (χ2n) is 5.89. The Morgan fingerprint density at radius 3 is 2.15 bits per heavy atom. The summed E-state index contributed by atoms with van der Waals surface area (Å²) in [6.07, 6.45) is 1.54. The maximum absolute atomic E-state index is 11.4. The van der Waals surface area contributed by atoms with Gasteiger partial charge < -0.3 is 9.47 Å². The third-order valence-electron chi connectivity index (χ3n) is 4.12. The Bertz CT molecular complexity index is 930. The minimum atomic E-state index is -0.300. The summed E-state index contributed by atoms with van der Waals surface area (Å²) in [6, 6.07) is 15.5. The van der Waals surface area contributed by atoms with Gasteiger partial charge in [-0.3, -0.25) is 9.78 Å². The van der Waals surface area contributed by atoms with Gasteiger partial charge in [0.25, 0.3) is 0 Å². The van der Waals surface area contributed by atoms with Crippen molar-refractivity contribution < 1.29 is 14.3 Å². The molecule has 26 heavy (non-hydrogen) atoms. The minimum Gasteiger partial charge on any atom is -0.497 e. The molecule has 0 fully saturated rings. The average molecular weight is 365 g/mol. The Morgan fingerprint density at radius 1 is 0.923 bits per heavy atom. The molecule has 1 aromatic heterocycles. The van der Waals surface area contributed by atoms with Crippen LogP contribution < -0.4 is 9.47 Å². The van der Waals surface area contributed by atoms with Crippen molar-refractivity contribution in [3.63, 3.8) is 0 Å². The standard InChI is InChI=1S/C21H19NO3S/c1-13-4-6-18(20-7-5-14(12-22-20)21(23)26)19(8-13)15-9-16(24-2)11-17(10-15)25-3/h4-12H,1-3H3,(H,23,26). The van der Waals surface area contributed by atoms with E-state index >= 15 is 0 Å². The van der Waals surface area contributed by atoms with Gasteiger partial charge in [0.2, 0.25) is 5.12 Å². The molecule has 3 aromatic rings. The van der Waals surface area contributed by atoms with E-state index < -0.39 is 0 Å². The topological polar surface area (TPSA) is 48.4 Å². The molecular weight excluding hydrogens is 346 g/mol. The number of carbonyl (C=O) groups is 1. The minimum absolute atomic E-state index is 0.300. The van der Waals surface area contributed by atoms with Gasteiger partial charge in [0, 0.05) is 23.4 Å². The first kappa shape index (κ1) is 18.0. The Morgan fingerprint density at radius 2 is 1.62 bits per heavy atom. The molecule has 0 N–H and O–H groups in total. The largest absolute Gasteiger partial charge is 0.497 e. The summed E-state index contributed by atoms with van der Waals surface area (Å²) in [5, 5.41) is -0.300. The van der Waals surface area contributed by atoms with Crippen molar-refractivity contribution in [3.05, 3.63) is 65.9 Å². The van der Waals surface area contributed by atoms with E-state index in [-0.39, 0.29) is 5.12 Å². The van der Waals surface area contributed by atoms with Crippen LogP contribution in [0, 0.1) is 6.92 Å². The lowest BCUT2D eigenvalue weighted by molar-refractivity contribution is 0.109. The van der Waals surface area contributed by atoms with Crippen LogP contribution >= 0.6 is 12.6 Å². The van der Waals surface area contributed by atoms with Gasteiger partial charge in [-0.1, -0.05) is 23.8 Å². The number of aromatic nitrogens is 1. The number of carbonyl (C=O) groups excluding carboxylic acids is 1. The van der Waals surface area contributed by atoms with Gasteiger partial charge in [-0.25, -0.2) is 0 Å². The second-order valence-corrected chi connectivity index (χ2v) is 6.29. The SMILES string of the molecule is COc1cc(OC)cc(-c2cc(C)ccc2-c2ccc(C(=O)S)cn2)c1. The van der Waals surface area contributed by atoms with Crippen molar-refractivity contribution in [1.29, 1.82) is 0 Å². The molecule has 2 aromatic carbocycles. The molecule has 0 atom stereocenters.